The summed E-state index contributed by atoms with van der Waals surface area (Å²) in [6, 6.07) is 5.85. The highest BCUT2D eigenvalue weighted by Gasteiger charge is 2.30. The van der Waals surface area contributed by atoms with E-state index in [1.807, 2.05) is 23.1 Å². The van der Waals surface area contributed by atoms with Gasteiger partial charge in [-0.3, -0.25) is 4.79 Å². The molecule has 0 spiro atoms. The molecule has 1 amide bonds. The highest BCUT2D eigenvalue weighted by atomic mass is 127. The van der Waals surface area contributed by atoms with E-state index < -0.39 is 0 Å². The van der Waals surface area contributed by atoms with Crippen LogP contribution in [0.25, 0.3) is 0 Å². The highest BCUT2D eigenvalue weighted by Crippen LogP contribution is 2.26. The first-order valence-electron chi connectivity index (χ1n) is 5.73. The molecule has 0 aliphatic carbocycles. The third-order valence-corrected chi connectivity index (χ3v) is 4.87. The van der Waals surface area contributed by atoms with Gasteiger partial charge in [0, 0.05) is 21.1 Å². The van der Waals surface area contributed by atoms with Gasteiger partial charge in [-0.2, -0.15) is 0 Å². The maximum Gasteiger partial charge on any atom is 0.254 e. The molecule has 17 heavy (non-hydrogen) atoms. The summed E-state index contributed by atoms with van der Waals surface area (Å²) in [6.45, 7) is 6.18. The van der Waals surface area contributed by atoms with E-state index in [1.54, 1.807) is 0 Å². The molecule has 0 radical (unpaired) electrons. The van der Waals surface area contributed by atoms with Crippen LogP contribution in [0.1, 0.15) is 24.2 Å². The van der Waals surface area contributed by atoms with Crippen molar-refractivity contribution in [3.63, 3.8) is 0 Å². The van der Waals surface area contributed by atoms with Gasteiger partial charge in [-0.15, -0.1) is 0 Å². The van der Waals surface area contributed by atoms with Gasteiger partial charge in [0.05, 0.1) is 5.56 Å². The molecule has 2 unspecified atom stereocenters. The smallest absolute Gasteiger partial charge is 0.254 e. The zero-order valence-electron chi connectivity index (χ0n) is 9.91. The molecule has 1 heterocycles. The molecular weight excluding hydrogens is 393 g/mol. The molecule has 0 N–H and O–H groups in total. The van der Waals surface area contributed by atoms with Crippen molar-refractivity contribution in [1.82, 2.24) is 4.90 Å². The van der Waals surface area contributed by atoms with Gasteiger partial charge in [0.1, 0.15) is 0 Å². The number of nitrogens with zero attached hydrogens (tertiary/aromatic N) is 1. The molecule has 0 saturated carbocycles. The molecule has 1 aliphatic heterocycles. The van der Waals surface area contributed by atoms with Gasteiger partial charge >= 0.3 is 0 Å². The zero-order chi connectivity index (χ0) is 12.6. The van der Waals surface area contributed by atoms with Crippen LogP contribution in [-0.2, 0) is 0 Å². The Labute approximate surface area is 124 Å². The van der Waals surface area contributed by atoms with Crippen molar-refractivity contribution in [2.24, 2.45) is 11.8 Å². The number of rotatable bonds is 1. The first-order chi connectivity index (χ1) is 7.99. The number of likely N-dealkylation sites (tertiary alicyclic amines) is 1. The van der Waals surface area contributed by atoms with Gasteiger partial charge in [-0.25, -0.2) is 0 Å². The lowest BCUT2D eigenvalue weighted by Crippen LogP contribution is -2.29. The van der Waals surface area contributed by atoms with Gasteiger partial charge in [-0.05, 0) is 52.6 Å². The van der Waals surface area contributed by atoms with Gasteiger partial charge in [0.2, 0.25) is 0 Å². The normalized spacial score (nSPS) is 24.1. The maximum absolute atomic E-state index is 12.4. The Morgan fingerprint density at radius 2 is 1.94 bits per heavy atom. The number of halogens is 2. The highest BCUT2D eigenvalue weighted by molar-refractivity contribution is 14.1. The Morgan fingerprint density at radius 1 is 1.35 bits per heavy atom. The molecule has 1 aromatic carbocycles. The summed E-state index contributed by atoms with van der Waals surface area (Å²) in [7, 11) is 0. The monoisotopic (exact) mass is 407 g/mol. The van der Waals surface area contributed by atoms with Crippen LogP contribution in [0.5, 0.6) is 0 Å². The van der Waals surface area contributed by atoms with E-state index in [4.69, 9.17) is 0 Å². The number of hydrogen-bond donors (Lipinski definition) is 0. The fourth-order valence-electron chi connectivity index (χ4n) is 2.13. The Morgan fingerprint density at radius 3 is 2.53 bits per heavy atom. The Hall–Kier alpha value is -0.100. The molecule has 2 atom stereocenters. The maximum atomic E-state index is 12.4. The third kappa shape index (κ3) is 2.84. The lowest BCUT2D eigenvalue weighted by Gasteiger charge is -2.17. The van der Waals surface area contributed by atoms with Crippen LogP contribution in [-0.4, -0.2) is 23.9 Å². The zero-order valence-corrected chi connectivity index (χ0v) is 13.7. The summed E-state index contributed by atoms with van der Waals surface area (Å²) in [5.74, 6) is 1.36. The molecule has 4 heteroatoms. The van der Waals surface area contributed by atoms with Crippen LogP contribution < -0.4 is 0 Å². The quantitative estimate of drug-likeness (QED) is 0.648. The molecule has 2 rings (SSSR count). The lowest BCUT2D eigenvalue weighted by atomic mass is 10.0. The van der Waals surface area contributed by atoms with Crippen LogP contribution in [0.15, 0.2) is 22.7 Å². The summed E-state index contributed by atoms with van der Waals surface area (Å²) in [4.78, 5) is 14.4. The van der Waals surface area contributed by atoms with Crippen LogP contribution in [0.2, 0.25) is 0 Å². The van der Waals surface area contributed by atoms with Crippen LogP contribution in [0.3, 0.4) is 0 Å². The first-order valence-corrected chi connectivity index (χ1v) is 7.60. The summed E-state index contributed by atoms with van der Waals surface area (Å²) in [6.07, 6.45) is 0. The van der Waals surface area contributed by atoms with Gasteiger partial charge in [0.15, 0.2) is 0 Å². The second kappa shape index (κ2) is 5.26. The molecule has 0 bridgehead atoms. The Bertz CT molecular complexity index is 439. The number of amides is 1. The van der Waals surface area contributed by atoms with Crippen molar-refractivity contribution in [3.05, 3.63) is 31.8 Å². The predicted octanol–water partition coefficient (Wildman–Crippen LogP) is 3.78. The Kier molecular flexibility index (Phi) is 4.13. The Balaban J connectivity index is 2.23. The first kappa shape index (κ1) is 13.3. The number of carbonyl (C=O) groups is 1. The minimum atomic E-state index is 0.159. The molecular formula is C13H15BrINO. The minimum absolute atomic E-state index is 0.159. The molecule has 0 aromatic heterocycles. The van der Waals surface area contributed by atoms with E-state index in [9.17, 15) is 4.79 Å². The SMILES string of the molecule is CC1CN(C(=O)c2cc(Br)ccc2I)CC1C. The van der Waals surface area contributed by atoms with E-state index in [0.717, 1.165) is 26.7 Å². The van der Waals surface area contributed by atoms with Crippen molar-refractivity contribution < 1.29 is 4.79 Å². The molecule has 1 aromatic rings. The van der Waals surface area contributed by atoms with Crippen molar-refractivity contribution in [3.8, 4) is 0 Å². The van der Waals surface area contributed by atoms with Gasteiger partial charge in [0.25, 0.3) is 5.91 Å². The van der Waals surface area contributed by atoms with E-state index in [1.165, 1.54) is 0 Å². The number of carbonyl (C=O) groups excluding carboxylic acids is 1. The predicted molar refractivity (Wildman–Crippen MR) is 81.1 cm³/mol. The largest absolute Gasteiger partial charge is 0.338 e. The average molecular weight is 408 g/mol. The van der Waals surface area contributed by atoms with E-state index in [-0.39, 0.29) is 5.91 Å². The molecule has 92 valence electrons. The van der Waals surface area contributed by atoms with Crippen molar-refractivity contribution in [2.75, 3.05) is 13.1 Å². The standard InChI is InChI=1S/C13H15BrINO/c1-8-6-16(7-9(8)2)13(17)11-5-10(14)3-4-12(11)15/h3-5,8-9H,6-7H2,1-2H3. The second-order valence-electron chi connectivity index (χ2n) is 4.79. The fourth-order valence-corrected chi connectivity index (χ4v) is 3.05. The summed E-state index contributed by atoms with van der Waals surface area (Å²) >= 11 is 5.64. The number of benzene rings is 1. The molecule has 1 saturated heterocycles. The summed E-state index contributed by atoms with van der Waals surface area (Å²) in [5.41, 5.74) is 0.807. The van der Waals surface area contributed by atoms with Gasteiger partial charge in [-0.1, -0.05) is 29.8 Å². The average Bonchev–Trinajstić information content (AvgIpc) is 2.62. The summed E-state index contributed by atoms with van der Waals surface area (Å²) < 4.78 is 1.98. The van der Waals surface area contributed by atoms with Crippen molar-refractivity contribution in [1.29, 1.82) is 0 Å². The molecule has 2 nitrogen and oxygen atoms in total. The van der Waals surface area contributed by atoms with Crippen molar-refractivity contribution in [2.45, 2.75) is 13.8 Å². The molecule has 1 aliphatic rings. The lowest BCUT2D eigenvalue weighted by molar-refractivity contribution is 0.0784. The van der Waals surface area contributed by atoms with Crippen LogP contribution in [0, 0.1) is 15.4 Å². The topological polar surface area (TPSA) is 20.3 Å². The van der Waals surface area contributed by atoms with E-state index in [0.29, 0.717) is 11.8 Å². The minimum Gasteiger partial charge on any atom is -0.338 e. The summed E-state index contributed by atoms with van der Waals surface area (Å²) in [5, 5.41) is 0. The second-order valence-corrected chi connectivity index (χ2v) is 6.87. The number of hydrogen-bond acceptors (Lipinski definition) is 1. The van der Waals surface area contributed by atoms with Gasteiger partial charge < -0.3 is 4.90 Å². The van der Waals surface area contributed by atoms with Crippen molar-refractivity contribution >= 4 is 44.4 Å². The van der Waals surface area contributed by atoms with E-state index in [2.05, 4.69) is 52.4 Å². The van der Waals surface area contributed by atoms with Crippen LogP contribution >= 0.6 is 38.5 Å². The fraction of sp³-hybridized carbons (Fsp3) is 0.462. The van der Waals surface area contributed by atoms with E-state index >= 15 is 0 Å². The third-order valence-electron chi connectivity index (χ3n) is 3.43. The van der Waals surface area contributed by atoms with Crippen LogP contribution in [0.4, 0.5) is 0 Å². The molecule has 1 fully saturated rings.